The molecule has 1 N–H and O–H groups in total. The van der Waals surface area contributed by atoms with E-state index in [4.69, 9.17) is 23.8 Å². The van der Waals surface area contributed by atoms with Crippen LogP contribution < -0.4 is 15.1 Å². The third kappa shape index (κ3) is 4.28. The molecule has 1 aliphatic heterocycles. The summed E-state index contributed by atoms with van der Waals surface area (Å²) in [5, 5.41) is 4.97. The van der Waals surface area contributed by atoms with Gasteiger partial charge in [0.25, 0.3) is 0 Å². The van der Waals surface area contributed by atoms with Crippen LogP contribution in [0.1, 0.15) is 34.7 Å². The van der Waals surface area contributed by atoms with Crippen LogP contribution in [0.3, 0.4) is 0 Å². The van der Waals surface area contributed by atoms with Crippen molar-refractivity contribution in [2.24, 2.45) is 0 Å². The highest BCUT2D eigenvalue weighted by molar-refractivity contribution is 7.80. The van der Waals surface area contributed by atoms with Gasteiger partial charge in [-0.1, -0.05) is 23.7 Å². The maximum atomic E-state index is 6.33. The minimum Gasteiger partial charge on any atom is -0.378 e. The van der Waals surface area contributed by atoms with Gasteiger partial charge >= 0.3 is 0 Å². The minimum atomic E-state index is -0.0921. The first-order valence-electron chi connectivity index (χ1n) is 11.6. The Hall–Kier alpha value is -3.35. The van der Waals surface area contributed by atoms with Crippen LogP contribution in [0.15, 0.2) is 79.0 Å². The summed E-state index contributed by atoms with van der Waals surface area (Å²) in [4.78, 5) is 9.00. The fourth-order valence-corrected chi connectivity index (χ4v) is 5.49. The molecular weight excluding hydrogens is 474 g/mol. The van der Waals surface area contributed by atoms with Gasteiger partial charge in [0, 0.05) is 53.8 Å². The Kier molecular flexibility index (Phi) is 6.26. The van der Waals surface area contributed by atoms with Gasteiger partial charge < -0.3 is 19.7 Å². The van der Waals surface area contributed by atoms with Crippen molar-refractivity contribution >= 4 is 40.3 Å². The Morgan fingerprint density at radius 2 is 1.71 bits per heavy atom. The summed E-state index contributed by atoms with van der Waals surface area (Å²) in [5.74, 6) is 0. The number of thiocarbonyl (C=S) groups is 1. The molecule has 2 aromatic carbocycles. The molecule has 4 aromatic rings. The van der Waals surface area contributed by atoms with Crippen molar-refractivity contribution in [1.29, 1.82) is 0 Å². The van der Waals surface area contributed by atoms with Crippen molar-refractivity contribution in [3.05, 3.63) is 107 Å². The van der Waals surface area contributed by atoms with Gasteiger partial charge in [0.15, 0.2) is 5.11 Å². The Bertz CT molecular complexity index is 1360. The number of hydrogen-bond donors (Lipinski definition) is 1. The standard InChI is InChI=1S/C28H28ClN5S/c1-18-16-24(19(2)33(18)23-9-7-8-20(29)17-23)27-26(25-10-5-6-15-30-25)31-28(35)34(27)22-13-11-21(12-14-22)32(3)4/h5-17,26-27H,1-4H3,(H,31,35). The molecule has 2 unspecified atom stereocenters. The van der Waals surface area contributed by atoms with Crippen LogP contribution in [0.2, 0.25) is 5.02 Å². The molecule has 1 aliphatic rings. The zero-order valence-corrected chi connectivity index (χ0v) is 21.8. The van der Waals surface area contributed by atoms with Gasteiger partial charge in [0.05, 0.1) is 17.8 Å². The maximum Gasteiger partial charge on any atom is 0.174 e. The van der Waals surface area contributed by atoms with Crippen molar-refractivity contribution in [2.45, 2.75) is 25.9 Å². The van der Waals surface area contributed by atoms with Crippen LogP contribution in [0.25, 0.3) is 5.69 Å². The van der Waals surface area contributed by atoms with E-state index in [1.54, 1.807) is 0 Å². The van der Waals surface area contributed by atoms with E-state index in [1.165, 1.54) is 5.56 Å². The molecule has 0 spiro atoms. The summed E-state index contributed by atoms with van der Waals surface area (Å²) < 4.78 is 2.26. The monoisotopic (exact) mass is 501 g/mol. The second-order valence-corrected chi connectivity index (χ2v) is 9.87. The molecule has 2 aromatic heterocycles. The number of nitrogens with one attached hydrogen (secondary N) is 1. The third-order valence-corrected chi connectivity index (χ3v) is 7.15. The average Bonchev–Trinajstić information content (AvgIpc) is 3.34. The Morgan fingerprint density at radius 3 is 2.37 bits per heavy atom. The second kappa shape index (κ2) is 9.36. The Balaban J connectivity index is 1.66. The van der Waals surface area contributed by atoms with Gasteiger partial charge in [-0.2, -0.15) is 0 Å². The van der Waals surface area contributed by atoms with Gasteiger partial charge in [-0.3, -0.25) is 4.98 Å². The zero-order chi connectivity index (χ0) is 24.7. The van der Waals surface area contributed by atoms with Crippen LogP contribution in [0.4, 0.5) is 11.4 Å². The molecule has 35 heavy (non-hydrogen) atoms. The zero-order valence-electron chi connectivity index (χ0n) is 20.2. The van der Waals surface area contributed by atoms with Gasteiger partial charge in [-0.05, 0) is 92.3 Å². The minimum absolute atomic E-state index is 0.0678. The van der Waals surface area contributed by atoms with Crippen LogP contribution in [0.5, 0.6) is 0 Å². The molecule has 0 saturated carbocycles. The number of hydrogen-bond acceptors (Lipinski definition) is 3. The first kappa shape index (κ1) is 23.4. The molecule has 0 amide bonds. The molecule has 0 aliphatic carbocycles. The number of pyridine rings is 1. The average molecular weight is 502 g/mol. The predicted molar refractivity (Wildman–Crippen MR) is 149 cm³/mol. The van der Waals surface area contributed by atoms with E-state index < -0.39 is 0 Å². The smallest absolute Gasteiger partial charge is 0.174 e. The number of aromatic nitrogens is 2. The molecule has 5 nitrogen and oxygen atoms in total. The number of nitrogens with zero attached hydrogens (tertiary/aromatic N) is 4. The lowest BCUT2D eigenvalue weighted by Gasteiger charge is -2.28. The van der Waals surface area contributed by atoms with E-state index in [-0.39, 0.29) is 12.1 Å². The number of benzene rings is 2. The van der Waals surface area contributed by atoms with Crippen molar-refractivity contribution in [3.63, 3.8) is 0 Å². The topological polar surface area (TPSA) is 36.3 Å². The summed E-state index contributed by atoms with van der Waals surface area (Å²) in [5.41, 5.74) is 7.68. The van der Waals surface area contributed by atoms with Crippen LogP contribution in [-0.2, 0) is 0 Å². The van der Waals surface area contributed by atoms with E-state index >= 15 is 0 Å². The predicted octanol–water partition coefficient (Wildman–Crippen LogP) is 6.39. The van der Waals surface area contributed by atoms with Crippen molar-refractivity contribution < 1.29 is 0 Å². The first-order chi connectivity index (χ1) is 16.8. The fourth-order valence-electron chi connectivity index (χ4n) is 4.96. The highest BCUT2D eigenvalue weighted by atomic mass is 35.5. The Morgan fingerprint density at radius 1 is 0.943 bits per heavy atom. The molecule has 7 heteroatoms. The maximum absolute atomic E-state index is 6.33. The third-order valence-electron chi connectivity index (χ3n) is 6.60. The van der Waals surface area contributed by atoms with Crippen molar-refractivity contribution in [1.82, 2.24) is 14.9 Å². The molecule has 1 saturated heterocycles. The van der Waals surface area contributed by atoms with Crippen LogP contribution >= 0.6 is 23.8 Å². The SMILES string of the molecule is Cc1cc(C2C(c3ccccn3)NC(=S)N2c2ccc(N(C)C)cc2)c(C)n1-c1cccc(Cl)c1. The van der Waals surface area contributed by atoms with Crippen LogP contribution in [0, 0.1) is 13.8 Å². The molecule has 2 atom stereocenters. The summed E-state index contributed by atoms with van der Waals surface area (Å²) in [7, 11) is 4.09. The molecule has 1 fully saturated rings. The number of halogens is 1. The highest BCUT2D eigenvalue weighted by Gasteiger charge is 2.42. The number of aryl methyl sites for hydroxylation is 1. The van der Waals surface area contributed by atoms with Crippen LogP contribution in [-0.4, -0.2) is 28.8 Å². The fraction of sp³-hybridized carbons (Fsp3) is 0.214. The molecular formula is C28H28ClN5S. The summed E-state index contributed by atoms with van der Waals surface area (Å²) >= 11 is 12.2. The molecule has 0 radical (unpaired) electrons. The van der Waals surface area contributed by atoms with Gasteiger partial charge in [0.2, 0.25) is 0 Å². The summed E-state index contributed by atoms with van der Waals surface area (Å²) in [6, 6.07) is 24.6. The number of anilines is 2. The highest BCUT2D eigenvalue weighted by Crippen LogP contribution is 2.44. The molecule has 3 heterocycles. The number of rotatable bonds is 5. The normalized spacial score (nSPS) is 17.5. The van der Waals surface area contributed by atoms with E-state index in [2.05, 4.69) is 81.0 Å². The van der Waals surface area contributed by atoms with Crippen molar-refractivity contribution in [3.8, 4) is 5.69 Å². The van der Waals surface area contributed by atoms with Gasteiger partial charge in [-0.15, -0.1) is 0 Å². The summed E-state index contributed by atoms with van der Waals surface area (Å²) in [6.45, 7) is 4.29. The Labute approximate surface area is 217 Å². The lowest BCUT2D eigenvalue weighted by Crippen LogP contribution is -2.29. The van der Waals surface area contributed by atoms with Gasteiger partial charge in [-0.25, -0.2) is 0 Å². The lowest BCUT2D eigenvalue weighted by atomic mass is 9.96. The molecule has 0 bridgehead atoms. The molecule has 5 rings (SSSR count). The molecule has 178 valence electrons. The van der Waals surface area contributed by atoms with Gasteiger partial charge in [0.1, 0.15) is 0 Å². The van der Waals surface area contributed by atoms with E-state index in [9.17, 15) is 0 Å². The lowest BCUT2D eigenvalue weighted by molar-refractivity contribution is 0.565. The van der Waals surface area contributed by atoms with Crippen molar-refractivity contribution in [2.75, 3.05) is 23.9 Å². The van der Waals surface area contributed by atoms with E-state index in [1.807, 2.05) is 50.6 Å². The quantitative estimate of drug-likeness (QED) is 0.321. The van der Waals surface area contributed by atoms with E-state index in [0.717, 1.165) is 34.1 Å². The first-order valence-corrected chi connectivity index (χ1v) is 12.4. The van der Waals surface area contributed by atoms with E-state index in [0.29, 0.717) is 10.1 Å². The summed E-state index contributed by atoms with van der Waals surface area (Å²) in [6.07, 6.45) is 1.83. The largest absolute Gasteiger partial charge is 0.378 e. The second-order valence-electron chi connectivity index (χ2n) is 9.05.